The topological polar surface area (TPSA) is 47.0 Å². The van der Waals surface area contributed by atoms with E-state index >= 15 is 0 Å². The Morgan fingerprint density at radius 2 is 1.90 bits per heavy atom. The van der Waals surface area contributed by atoms with E-state index in [-0.39, 0.29) is 0 Å². The maximum atomic E-state index is 6.40. The van der Waals surface area contributed by atoms with Crippen molar-refractivity contribution in [2.75, 3.05) is 11.3 Å². The van der Waals surface area contributed by atoms with Crippen LogP contribution in [0.4, 0.5) is 5.82 Å². The number of nitrogens with zero attached hydrogens (tertiary/aromatic N) is 2. The van der Waals surface area contributed by atoms with Gasteiger partial charge in [-0.15, -0.1) is 6.58 Å². The highest BCUT2D eigenvalue weighted by Gasteiger charge is 2.10. The summed E-state index contributed by atoms with van der Waals surface area (Å²) in [6.45, 7) is 8.20. The number of nitrogens with one attached hydrogen (secondary N) is 1. The van der Waals surface area contributed by atoms with Crippen molar-refractivity contribution in [1.82, 2.24) is 9.97 Å². The molecule has 0 bridgehead atoms. The average Bonchev–Trinajstić information content (AvgIpc) is 2.76. The zero-order valence-corrected chi connectivity index (χ0v) is 17.5. The zero-order valence-electron chi connectivity index (χ0n) is 16.0. The predicted octanol–water partition coefficient (Wildman–Crippen LogP) is 6.90. The number of hydrogen-bond donors (Lipinski definition) is 1. The van der Waals surface area contributed by atoms with Gasteiger partial charge >= 0.3 is 0 Å². The van der Waals surface area contributed by atoms with Gasteiger partial charge in [0.25, 0.3) is 0 Å². The Labute approximate surface area is 180 Å². The first-order valence-electron chi connectivity index (χ1n) is 9.23. The first-order valence-corrected chi connectivity index (χ1v) is 10.4. The molecule has 1 aromatic carbocycles. The second-order valence-electron chi connectivity index (χ2n) is 6.12. The van der Waals surface area contributed by atoms with Crippen molar-refractivity contribution >= 4 is 35.4 Å². The minimum Gasteiger partial charge on any atom is -0.478 e. The van der Waals surface area contributed by atoms with Gasteiger partial charge in [0.1, 0.15) is 10.8 Å². The van der Waals surface area contributed by atoms with E-state index in [1.54, 1.807) is 6.08 Å². The van der Waals surface area contributed by atoms with Crippen molar-refractivity contribution in [3.63, 3.8) is 0 Å². The van der Waals surface area contributed by atoms with E-state index in [4.69, 9.17) is 16.3 Å². The fraction of sp³-hybridized carbons (Fsp3) is 0.130. The van der Waals surface area contributed by atoms with Gasteiger partial charge in [-0.05, 0) is 36.6 Å². The van der Waals surface area contributed by atoms with Crippen LogP contribution in [0.5, 0.6) is 5.88 Å². The highest BCUT2D eigenvalue weighted by Crippen LogP contribution is 2.31. The highest BCUT2D eigenvalue weighted by atomic mass is 35.5. The summed E-state index contributed by atoms with van der Waals surface area (Å²) in [5.74, 6) is 1.29. The van der Waals surface area contributed by atoms with Crippen LogP contribution >= 0.6 is 23.5 Å². The summed E-state index contributed by atoms with van der Waals surface area (Å²) in [6.07, 6.45) is 5.53. The summed E-state index contributed by atoms with van der Waals surface area (Å²) in [6, 6.07) is 17.2. The quantitative estimate of drug-likeness (QED) is 0.218. The van der Waals surface area contributed by atoms with Crippen LogP contribution in [0.2, 0.25) is 5.02 Å². The Morgan fingerprint density at radius 1 is 1.03 bits per heavy atom. The number of unbranched alkanes of at least 4 members (excludes halogenated alkanes) is 1. The molecule has 2 aromatic heterocycles. The third kappa shape index (κ3) is 5.86. The molecular weight excluding hydrogens is 402 g/mol. The van der Waals surface area contributed by atoms with Crippen LogP contribution in [0, 0.1) is 0 Å². The maximum absolute atomic E-state index is 6.40. The molecule has 0 radical (unpaired) electrons. The lowest BCUT2D eigenvalue weighted by molar-refractivity contribution is 0.298. The van der Waals surface area contributed by atoms with Crippen LogP contribution in [-0.4, -0.2) is 16.6 Å². The molecule has 2 heterocycles. The standard InChI is InChI=1S/C23H22ClN3OS/c1-3-5-8-16-28-21-12-9-13-22(26-21)29-27-20-15-14-19(24)23(25-20)18-11-7-6-10-17(18)4-2/h3-4,6-7,9-15H,1-2,5,8,16H2,(H,25,27). The fourth-order valence-electron chi connectivity index (χ4n) is 2.62. The highest BCUT2D eigenvalue weighted by molar-refractivity contribution is 8.00. The number of allylic oxidation sites excluding steroid dienone is 1. The second-order valence-corrected chi connectivity index (χ2v) is 7.35. The molecule has 29 heavy (non-hydrogen) atoms. The third-order valence-electron chi connectivity index (χ3n) is 4.04. The van der Waals surface area contributed by atoms with Crippen LogP contribution in [-0.2, 0) is 0 Å². The summed E-state index contributed by atoms with van der Waals surface area (Å²) in [5, 5.41) is 1.37. The van der Waals surface area contributed by atoms with Gasteiger partial charge < -0.3 is 9.46 Å². The molecule has 0 spiro atoms. The van der Waals surface area contributed by atoms with Gasteiger partial charge in [0.05, 0.1) is 17.3 Å². The molecule has 0 fully saturated rings. The van der Waals surface area contributed by atoms with Crippen LogP contribution in [0.1, 0.15) is 18.4 Å². The predicted molar refractivity (Wildman–Crippen MR) is 123 cm³/mol. The van der Waals surface area contributed by atoms with Gasteiger partial charge in [-0.1, -0.05) is 60.7 Å². The molecule has 0 unspecified atom stereocenters. The van der Waals surface area contributed by atoms with Crippen molar-refractivity contribution in [3.05, 3.63) is 84.4 Å². The average molecular weight is 424 g/mol. The van der Waals surface area contributed by atoms with Gasteiger partial charge in [0.15, 0.2) is 0 Å². The molecule has 148 valence electrons. The number of hydrogen-bond acceptors (Lipinski definition) is 5. The van der Waals surface area contributed by atoms with Crippen LogP contribution in [0.3, 0.4) is 0 Å². The number of rotatable bonds is 10. The van der Waals surface area contributed by atoms with E-state index in [1.165, 1.54) is 11.9 Å². The molecule has 0 aliphatic carbocycles. The van der Waals surface area contributed by atoms with E-state index in [0.29, 0.717) is 29.0 Å². The normalized spacial score (nSPS) is 10.4. The Hall–Kier alpha value is -2.76. The number of benzene rings is 1. The van der Waals surface area contributed by atoms with Gasteiger partial charge in [0.2, 0.25) is 5.88 Å². The van der Waals surface area contributed by atoms with Crippen molar-refractivity contribution in [1.29, 1.82) is 0 Å². The van der Waals surface area contributed by atoms with Crippen LogP contribution < -0.4 is 9.46 Å². The van der Waals surface area contributed by atoms with E-state index in [0.717, 1.165) is 29.0 Å². The van der Waals surface area contributed by atoms with Crippen molar-refractivity contribution in [3.8, 4) is 17.1 Å². The smallest absolute Gasteiger partial charge is 0.214 e. The maximum Gasteiger partial charge on any atom is 0.214 e. The first kappa shape index (κ1) is 21.0. The molecular formula is C23H22ClN3OS. The van der Waals surface area contributed by atoms with Gasteiger partial charge in [-0.3, -0.25) is 0 Å². The molecule has 0 saturated carbocycles. The first-order chi connectivity index (χ1) is 14.2. The van der Waals surface area contributed by atoms with Crippen LogP contribution in [0.25, 0.3) is 17.3 Å². The monoisotopic (exact) mass is 423 g/mol. The molecule has 0 aliphatic rings. The SMILES string of the molecule is C=CCCCOc1cccc(SNc2ccc(Cl)c(-c3ccccc3C=C)n2)n1. The summed E-state index contributed by atoms with van der Waals surface area (Å²) in [5.41, 5.74) is 2.63. The van der Waals surface area contributed by atoms with Crippen molar-refractivity contribution in [2.45, 2.75) is 17.9 Å². The lowest BCUT2D eigenvalue weighted by Crippen LogP contribution is -1.99. The summed E-state index contributed by atoms with van der Waals surface area (Å²) in [7, 11) is 0. The number of halogens is 1. The van der Waals surface area contributed by atoms with Gasteiger partial charge in [-0.25, -0.2) is 9.97 Å². The fourth-order valence-corrected chi connectivity index (χ4v) is 3.43. The third-order valence-corrected chi connectivity index (χ3v) is 5.10. The zero-order chi connectivity index (χ0) is 20.5. The molecule has 3 aromatic rings. The Bertz CT molecular complexity index is 993. The van der Waals surface area contributed by atoms with E-state index in [1.807, 2.05) is 60.7 Å². The second kappa shape index (κ2) is 10.7. The molecule has 1 N–H and O–H groups in total. The van der Waals surface area contributed by atoms with E-state index in [9.17, 15) is 0 Å². The number of ether oxygens (including phenoxy) is 1. The van der Waals surface area contributed by atoms with Gasteiger partial charge in [0, 0.05) is 23.6 Å². The van der Waals surface area contributed by atoms with Crippen molar-refractivity contribution < 1.29 is 4.74 Å². The number of pyridine rings is 2. The number of anilines is 1. The summed E-state index contributed by atoms with van der Waals surface area (Å²) < 4.78 is 8.91. The molecule has 3 rings (SSSR count). The molecule has 0 aliphatic heterocycles. The molecule has 6 heteroatoms. The Morgan fingerprint density at radius 3 is 2.72 bits per heavy atom. The van der Waals surface area contributed by atoms with E-state index < -0.39 is 0 Å². The number of aromatic nitrogens is 2. The Kier molecular flexibility index (Phi) is 7.73. The molecule has 0 atom stereocenters. The summed E-state index contributed by atoms with van der Waals surface area (Å²) >= 11 is 7.77. The largest absolute Gasteiger partial charge is 0.478 e. The molecule has 0 amide bonds. The minimum atomic E-state index is 0.586. The van der Waals surface area contributed by atoms with Crippen LogP contribution in [0.15, 0.2) is 78.9 Å². The summed E-state index contributed by atoms with van der Waals surface area (Å²) in [4.78, 5) is 9.17. The Balaban J connectivity index is 1.70. The lowest BCUT2D eigenvalue weighted by atomic mass is 10.0. The van der Waals surface area contributed by atoms with Crippen molar-refractivity contribution in [2.24, 2.45) is 0 Å². The minimum absolute atomic E-state index is 0.586. The molecule has 4 nitrogen and oxygen atoms in total. The lowest BCUT2D eigenvalue weighted by Gasteiger charge is -2.11. The molecule has 0 saturated heterocycles. The van der Waals surface area contributed by atoms with Gasteiger partial charge in [-0.2, -0.15) is 0 Å². The van der Waals surface area contributed by atoms with E-state index in [2.05, 4.69) is 27.8 Å².